The summed E-state index contributed by atoms with van der Waals surface area (Å²) in [4.78, 5) is 12.2. The number of hydrogen-bond acceptors (Lipinski definition) is 5. The first-order chi connectivity index (χ1) is 13.5. The minimum absolute atomic E-state index is 0.0366. The number of carbonyl (C=O) groups excluding carboxylic acids is 1. The molecule has 1 aromatic heterocycles. The van der Waals surface area contributed by atoms with Crippen LogP contribution >= 0.6 is 0 Å². The SMILES string of the molecule is CC(C)Oc1ccccc1Nc1ccc(C(=O)NCc2ccccc2F)nn1. The molecule has 1 heterocycles. The molecule has 0 aliphatic carbocycles. The molecule has 3 rings (SSSR count). The molecule has 0 atom stereocenters. The number of rotatable bonds is 7. The summed E-state index contributed by atoms with van der Waals surface area (Å²) in [6.45, 7) is 3.98. The molecular weight excluding hydrogens is 359 g/mol. The van der Waals surface area contributed by atoms with Crippen molar-refractivity contribution in [3.63, 3.8) is 0 Å². The van der Waals surface area contributed by atoms with Gasteiger partial charge in [-0.2, -0.15) is 0 Å². The molecule has 0 saturated carbocycles. The van der Waals surface area contributed by atoms with Crippen LogP contribution in [-0.2, 0) is 6.54 Å². The van der Waals surface area contributed by atoms with Gasteiger partial charge < -0.3 is 15.4 Å². The van der Waals surface area contributed by atoms with E-state index in [1.807, 2.05) is 38.1 Å². The Bertz CT molecular complexity index is 945. The van der Waals surface area contributed by atoms with E-state index in [1.165, 1.54) is 6.07 Å². The molecule has 0 radical (unpaired) electrons. The normalized spacial score (nSPS) is 10.6. The van der Waals surface area contributed by atoms with Gasteiger partial charge in [0.1, 0.15) is 11.6 Å². The fourth-order valence-electron chi connectivity index (χ4n) is 2.49. The number of nitrogens with one attached hydrogen (secondary N) is 2. The van der Waals surface area contributed by atoms with Crippen molar-refractivity contribution in [2.24, 2.45) is 0 Å². The van der Waals surface area contributed by atoms with E-state index in [1.54, 1.807) is 30.3 Å². The molecule has 0 unspecified atom stereocenters. The Morgan fingerprint density at radius 3 is 2.50 bits per heavy atom. The summed E-state index contributed by atoms with van der Waals surface area (Å²) in [5.74, 6) is 0.387. The number of amides is 1. The summed E-state index contributed by atoms with van der Waals surface area (Å²) < 4.78 is 19.4. The van der Waals surface area contributed by atoms with E-state index in [9.17, 15) is 9.18 Å². The fourth-order valence-corrected chi connectivity index (χ4v) is 2.49. The van der Waals surface area contributed by atoms with Crippen molar-refractivity contribution in [1.82, 2.24) is 15.5 Å². The maximum atomic E-state index is 13.6. The van der Waals surface area contributed by atoms with Crippen LogP contribution in [-0.4, -0.2) is 22.2 Å². The number of ether oxygens (including phenoxy) is 1. The van der Waals surface area contributed by atoms with Gasteiger partial charge in [-0.1, -0.05) is 30.3 Å². The zero-order valence-corrected chi connectivity index (χ0v) is 15.6. The Balaban J connectivity index is 1.64. The predicted octanol–water partition coefficient (Wildman–Crippen LogP) is 4.08. The highest BCUT2D eigenvalue weighted by Gasteiger charge is 2.11. The molecule has 2 aromatic carbocycles. The summed E-state index contributed by atoms with van der Waals surface area (Å²) in [6.07, 6.45) is 0.0366. The second-order valence-electron chi connectivity index (χ2n) is 6.37. The summed E-state index contributed by atoms with van der Waals surface area (Å²) in [7, 11) is 0. The lowest BCUT2D eigenvalue weighted by molar-refractivity contribution is 0.0944. The summed E-state index contributed by atoms with van der Waals surface area (Å²) >= 11 is 0. The fraction of sp³-hybridized carbons (Fsp3) is 0.190. The zero-order valence-electron chi connectivity index (χ0n) is 15.6. The van der Waals surface area contributed by atoms with Crippen LogP contribution in [0, 0.1) is 5.82 Å². The van der Waals surface area contributed by atoms with Gasteiger partial charge in [0.15, 0.2) is 11.5 Å². The average Bonchev–Trinajstić information content (AvgIpc) is 2.69. The first-order valence-electron chi connectivity index (χ1n) is 8.91. The Kier molecular flexibility index (Phi) is 6.16. The lowest BCUT2D eigenvalue weighted by atomic mass is 10.2. The molecule has 6 nitrogen and oxygen atoms in total. The topological polar surface area (TPSA) is 76.1 Å². The number of carbonyl (C=O) groups is 1. The van der Waals surface area contributed by atoms with Crippen molar-refractivity contribution >= 4 is 17.4 Å². The van der Waals surface area contributed by atoms with Gasteiger partial charge in [0.2, 0.25) is 0 Å². The van der Waals surface area contributed by atoms with E-state index in [0.717, 1.165) is 5.69 Å². The maximum absolute atomic E-state index is 13.6. The number of aromatic nitrogens is 2. The van der Waals surface area contributed by atoms with E-state index in [-0.39, 0.29) is 24.2 Å². The highest BCUT2D eigenvalue weighted by Crippen LogP contribution is 2.27. The van der Waals surface area contributed by atoms with Crippen LogP contribution in [0.1, 0.15) is 29.9 Å². The van der Waals surface area contributed by atoms with Gasteiger partial charge in [0, 0.05) is 12.1 Å². The molecule has 0 aliphatic heterocycles. The molecule has 0 saturated heterocycles. The minimum atomic E-state index is -0.425. The smallest absolute Gasteiger partial charge is 0.272 e. The van der Waals surface area contributed by atoms with Gasteiger partial charge in [-0.15, -0.1) is 10.2 Å². The molecule has 0 aliphatic rings. The van der Waals surface area contributed by atoms with Crippen LogP contribution in [0.2, 0.25) is 0 Å². The molecule has 144 valence electrons. The molecule has 1 amide bonds. The lowest BCUT2D eigenvalue weighted by Crippen LogP contribution is -2.24. The Hall–Kier alpha value is -3.48. The number of halogens is 1. The molecule has 2 N–H and O–H groups in total. The molecule has 0 bridgehead atoms. The maximum Gasteiger partial charge on any atom is 0.272 e. The molecule has 7 heteroatoms. The van der Waals surface area contributed by atoms with Gasteiger partial charge in [0.05, 0.1) is 11.8 Å². The Labute approximate surface area is 162 Å². The number of anilines is 2. The highest BCUT2D eigenvalue weighted by molar-refractivity contribution is 5.92. The van der Waals surface area contributed by atoms with Crippen molar-refractivity contribution in [1.29, 1.82) is 0 Å². The van der Waals surface area contributed by atoms with E-state index in [4.69, 9.17) is 4.74 Å². The quantitative estimate of drug-likeness (QED) is 0.646. The monoisotopic (exact) mass is 380 g/mol. The van der Waals surface area contributed by atoms with E-state index in [2.05, 4.69) is 20.8 Å². The number of hydrogen-bond donors (Lipinski definition) is 2. The molecule has 0 fully saturated rings. The van der Waals surface area contributed by atoms with Crippen molar-refractivity contribution in [3.05, 3.63) is 77.7 Å². The van der Waals surface area contributed by atoms with Crippen LogP contribution in [0.25, 0.3) is 0 Å². The van der Waals surface area contributed by atoms with Crippen molar-refractivity contribution in [3.8, 4) is 5.75 Å². The third-order valence-electron chi connectivity index (χ3n) is 3.81. The Morgan fingerprint density at radius 1 is 1.04 bits per heavy atom. The second kappa shape index (κ2) is 8.94. The first kappa shape index (κ1) is 19.3. The van der Waals surface area contributed by atoms with Crippen LogP contribution in [0.4, 0.5) is 15.9 Å². The second-order valence-corrected chi connectivity index (χ2v) is 6.37. The van der Waals surface area contributed by atoms with Gasteiger partial charge in [0.25, 0.3) is 5.91 Å². The Morgan fingerprint density at radius 2 is 1.79 bits per heavy atom. The third-order valence-corrected chi connectivity index (χ3v) is 3.81. The number of nitrogens with zero attached hydrogens (tertiary/aromatic N) is 2. The number of benzene rings is 2. The average molecular weight is 380 g/mol. The summed E-state index contributed by atoms with van der Waals surface area (Å²) in [6, 6.07) is 17.0. The largest absolute Gasteiger partial charge is 0.489 e. The van der Waals surface area contributed by atoms with Crippen molar-refractivity contribution < 1.29 is 13.9 Å². The van der Waals surface area contributed by atoms with E-state index in [0.29, 0.717) is 17.1 Å². The molecular formula is C21H21FN4O2. The molecule has 28 heavy (non-hydrogen) atoms. The van der Waals surface area contributed by atoms with E-state index >= 15 is 0 Å². The minimum Gasteiger partial charge on any atom is -0.489 e. The third kappa shape index (κ3) is 5.03. The predicted molar refractivity (Wildman–Crippen MR) is 105 cm³/mol. The number of para-hydroxylation sites is 2. The summed E-state index contributed by atoms with van der Waals surface area (Å²) in [5.41, 5.74) is 1.31. The van der Waals surface area contributed by atoms with Crippen LogP contribution < -0.4 is 15.4 Å². The standard InChI is InChI=1S/C21H21FN4O2/c1-14(2)28-19-10-6-5-9-17(19)24-20-12-11-18(25-26-20)21(27)23-13-15-7-3-4-8-16(15)22/h3-12,14H,13H2,1-2H3,(H,23,27)(H,24,26). The van der Waals surface area contributed by atoms with Gasteiger partial charge in [-0.05, 0) is 44.2 Å². The van der Waals surface area contributed by atoms with Gasteiger partial charge in [-0.25, -0.2) is 4.39 Å². The van der Waals surface area contributed by atoms with Crippen molar-refractivity contribution in [2.45, 2.75) is 26.5 Å². The van der Waals surface area contributed by atoms with Crippen molar-refractivity contribution in [2.75, 3.05) is 5.32 Å². The van der Waals surface area contributed by atoms with Crippen LogP contribution in [0.5, 0.6) is 5.75 Å². The summed E-state index contributed by atoms with van der Waals surface area (Å²) in [5, 5.41) is 13.7. The molecule has 3 aromatic rings. The molecule has 0 spiro atoms. The van der Waals surface area contributed by atoms with Gasteiger partial charge in [-0.3, -0.25) is 4.79 Å². The van der Waals surface area contributed by atoms with Crippen LogP contribution in [0.3, 0.4) is 0 Å². The first-order valence-corrected chi connectivity index (χ1v) is 8.91. The van der Waals surface area contributed by atoms with Crippen LogP contribution in [0.15, 0.2) is 60.7 Å². The van der Waals surface area contributed by atoms with E-state index < -0.39 is 5.91 Å². The van der Waals surface area contributed by atoms with Gasteiger partial charge >= 0.3 is 0 Å². The lowest BCUT2D eigenvalue weighted by Gasteiger charge is -2.14. The highest BCUT2D eigenvalue weighted by atomic mass is 19.1. The zero-order chi connectivity index (χ0) is 19.9.